The second-order valence-electron chi connectivity index (χ2n) is 5.06. The second-order valence-corrected chi connectivity index (χ2v) is 5.06. The van der Waals surface area contributed by atoms with Crippen molar-refractivity contribution in [2.45, 2.75) is 26.7 Å². The molecule has 0 bridgehead atoms. The van der Waals surface area contributed by atoms with Crippen LogP contribution in [0.1, 0.15) is 32.4 Å². The number of rotatable bonds is 1. The van der Waals surface area contributed by atoms with Crippen LogP contribution in [-0.2, 0) is 9.59 Å². The van der Waals surface area contributed by atoms with Gasteiger partial charge in [0.1, 0.15) is 0 Å². The molecule has 2 rings (SSSR count). The number of imide groups is 1. The number of carbonyl (C=O) groups is 2. The Bertz CT molecular complexity index is 454. The van der Waals surface area contributed by atoms with Gasteiger partial charge in [0.05, 0.1) is 11.6 Å². The molecule has 0 aliphatic carbocycles. The number of nitrogens with one attached hydrogen (secondary N) is 1. The SMILES string of the molecule is CC1C(c2ccccn2)C(=O)NC(=O)C1(C)C. The monoisotopic (exact) mass is 232 g/mol. The van der Waals surface area contributed by atoms with Gasteiger partial charge in [-0.1, -0.05) is 26.8 Å². The van der Waals surface area contributed by atoms with Gasteiger partial charge >= 0.3 is 0 Å². The van der Waals surface area contributed by atoms with E-state index in [-0.39, 0.29) is 23.7 Å². The Kier molecular flexibility index (Phi) is 2.73. The van der Waals surface area contributed by atoms with Gasteiger partial charge in [0.25, 0.3) is 0 Å². The summed E-state index contributed by atoms with van der Waals surface area (Å²) >= 11 is 0. The minimum Gasteiger partial charge on any atom is -0.295 e. The third-order valence-corrected chi connectivity index (χ3v) is 3.75. The maximum atomic E-state index is 11.9. The molecule has 2 heterocycles. The number of aromatic nitrogens is 1. The maximum absolute atomic E-state index is 11.9. The zero-order chi connectivity index (χ0) is 12.6. The van der Waals surface area contributed by atoms with Gasteiger partial charge in [-0.2, -0.15) is 0 Å². The summed E-state index contributed by atoms with van der Waals surface area (Å²) in [6.07, 6.45) is 1.67. The van der Waals surface area contributed by atoms with E-state index in [1.165, 1.54) is 0 Å². The van der Waals surface area contributed by atoms with Gasteiger partial charge in [0, 0.05) is 11.6 Å². The molecule has 0 saturated carbocycles. The van der Waals surface area contributed by atoms with E-state index in [9.17, 15) is 9.59 Å². The summed E-state index contributed by atoms with van der Waals surface area (Å²) in [5.41, 5.74) is 0.161. The summed E-state index contributed by atoms with van der Waals surface area (Å²) in [5, 5.41) is 2.43. The van der Waals surface area contributed by atoms with Crippen LogP contribution in [0.15, 0.2) is 24.4 Å². The van der Waals surface area contributed by atoms with Crippen molar-refractivity contribution in [2.75, 3.05) is 0 Å². The van der Waals surface area contributed by atoms with Crippen molar-refractivity contribution in [3.8, 4) is 0 Å². The van der Waals surface area contributed by atoms with Gasteiger partial charge in [-0.05, 0) is 18.1 Å². The molecule has 17 heavy (non-hydrogen) atoms. The average Bonchev–Trinajstić information content (AvgIpc) is 2.28. The largest absolute Gasteiger partial charge is 0.295 e. The standard InChI is InChI=1S/C13H16N2O2/c1-8-10(9-6-4-5-7-14-9)11(16)15-12(17)13(8,2)3/h4-8,10H,1-3H3,(H,15,16,17). The summed E-state index contributed by atoms with van der Waals surface area (Å²) in [7, 11) is 0. The number of nitrogens with zero attached hydrogens (tertiary/aromatic N) is 1. The lowest BCUT2D eigenvalue weighted by Crippen LogP contribution is -2.54. The van der Waals surface area contributed by atoms with Crippen LogP contribution in [0.2, 0.25) is 0 Å². The Morgan fingerprint density at radius 3 is 2.59 bits per heavy atom. The molecule has 0 spiro atoms. The zero-order valence-corrected chi connectivity index (χ0v) is 10.2. The van der Waals surface area contributed by atoms with Crippen LogP contribution < -0.4 is 5.32 Å². The van der Waals surface area contributed by atoms with E-state index in [1.54, 1.807) is 6.20 Å². The molecule has 2 amide bonds. The molecule has 1 N–H and O–H groups in total. The molecular weight excluding hydrogens is 216 g/mol. The summed E-state index contributed by atoms with van der Waals surface area (Å²) in [4.78, 5) is 27.9. The first-order chi connectivity index (χ1) is 7.94. The average molecular weight is 232 g/mol. The van der Waals surface area contributed by atoms with Crippen molar-refractivity contribution in [1.82, 2.24) is 10.3 Å². The molecule has 0 aromatic carbocycles. The predicted octanol–water partition coefficient (Wildman–Crippen LogP) is 1.48. The molecule has 1 aliphatic heterocycles. The van der Waals surface area contributed by atoms with E-state index >= 15 is 0 Å². The second kappa shape index (κ2) is 3.95. The van der Waals surface area contributed by atoms with E-state index < -0.39 is 5.41 Å². The Labute approximate surface area is 100 Å². The molecule has 1 aliphatic rings. The van der Waals surface area contributed by atoms with Gasteiger partial charge in [-0.3, -0.25) is 19.9 Å². The third kappa shape index (κ3) is 1.84. The molecule has 0 radical (unpaired) electrons. The molecular formula is C13H16N2O2. The fourth-order valence-electron chi connectivity index (χ4n) is 2.15. The number of hydrogen-bond donors (Lipinski definition) is 1. The Hall–Kier alpha value is -1.71. The van der Waals surface area contributed by atoms with Crippen LogP contribution in [0, 0.1) is 11.3 Å². The summed E-state index contributed by atoms with van der Waals surface area (Å²) in [6.45, 7) is 5.64. The highest BCUT2D eigenvalue weighted by atomic mass is 16.2. The molecule has 1 aromatic rings. The minimum absolute atomic E-state index is 0.0707. The van der Waals surface area contributed by atoms with Crippen molar-refractivity contribution >= 4 is 11.8 Å². The van der Waals surface area contributed by atoms with E-state index in [4.69, 9.17) is 0 Å². The summed E-state index contributed by atoms with van der Waals surface area (Å²) in [6, 6.07) is 5.49. The van der Waals surface area contributed by atoms with Gasteiger partial charge in [0.2, 0.25) is 11.8 Å². The Balaban J connectivity index is 2.41. The first-order valence-electron chi connectivity index (χ1n) is 5.71. The molecule has 90 valence electrons. The smallest absolute Gasteiger partial charge is 0.236 e. The molecule has 4 nitrogen and oxygen atoms in total. The molecule has 2 atom stereocenters. The molecule has 1 aromatic heterocycles. The van der Waals surface area contributed by atoms with Gasteiger partial charge < -0.3 is 0 Å². The highest BCUT2D eigenvalue weighted by molar-refractivity contribution is 6.03. The lowest BCUT2D eigenvalue weighted by atomic mass is 9.68. The van der Waals surface area contributed by atoms with Crippen LogP contribution in [0.25, 0.3) is 0 Å². The van der Waals surface area contributed by atoms with Gasteiger partial charge in [-0.25, -0.2) is 0 Å². The number of amides is 2. The Morgan fingerprint density at radius 2 is 2.00 bits per heavy atom. The van der Waals surface area contributed by atoms with Crippen molar-refractivity contribution < 1.29 is 9.59 Å². The van der Waals surface area contributed by atoms with E-state index in [1.807, 2.05) is 39.0 Å². The first kappa shape index (κ1) is 11.8. The van der Waals surface area contributed by atoms with Crippen LogP contribution in [0.4, 0.5) is 0 Å². The van der Waals surface area contributed by atoms with E-state index in [0.717, 1.165) is 5.69 Å². The van der Waals surface area contributed by atoms with Gasteiger partial charge in [0.15, 0.2) is 0 Å². The number of pyridine rings is 1. The van der Waals surface area contributed by atoms with Crippen LogP contribution in [-0.4, -0.2) is 16.8 Å². The van der Waals surface area contributed by atoms with E-state index in [0.29, 0.717) is 0 Å². The summed E-state index contributed by atoms with van der Waals surface area (Å²) < 4.78 is 0. The summed E-state index contributed by atoms with van der Waals surface area (Å²) in [5.74, 6) is -0.884. The quantitative estimate of drug-likeness (QED) is 0.746. The lowest BCUT2D eigenvalue weighted by molar-refractivity contribution is -0.145. The minimum atomic E-state index is -0.559. The van der Waals surface area contributed by atoms with E-state index in [2.05, 4.69) is 10.3 Å². The van der Waals surface area contributed by atoms with Crippen LogP contribution in [0.3, 0.4) is 0 Å². The normalized spacial score (nSPS) is 27.7. The Morgan fingerprint density at radius 1 is 1.29 bits per heavy atom. The van der Waals surface area contributed by atoms with Gasteiger partial charge in [-0.15, -0.1) is 0 Å². The zero-order valence-electron chi connectivity index (χ0n) is 10.2. The fourth-order valence-corrected chi connectivity index (χ4v) is 2.15. The molecule has 1 saturated heterocycles. The van der Waals surface area contributed by atoms with Crippen molar-refractivity contribution in [3.63, 3.8) is 0 Å². The van der Waals surface area contributed by atoms with Crippen LogP contribution in [0.5, 0.6) is 0 Å². The third-order valence-electron chi connectivity index (χ3n) is 3.75. The molecule has 4 heteroatoms. The van der Waals surface area contributed by atoms with Crippen molar-refractivity contribution in [1.29, 1.82) is 0 Å². The lowest BCUT2D eigenvalue weighted by Gasteiger charge is -2.39. The fraction of sp³-hybridized carbons (Fsp3) is 0.462. The molecule has 1 fully saturated rings. The number of piperidine rings is 1. The highest BCUT2D eigenvalue weighted by Crippen LogP contribution is 2.40. The van der Waals surface area contributed by atoms with Crippen molar-refractivity contribution in [3.05, 3.63) is 30.1 Å². The predicted molar refractivity (Wildman–Crippen MR) is 63.1 cm³/mol. The number of hydrogen-bond acceptors (Lipinski definition) is 3. The maximum Gasteiger partial charge on any atom is 0.236 e. The topological polar surface area (TPSA) is 59.1 Å². The van der Waals surface area contributed by atoms with Crippen LogP contribution >= 0.6 is 0 Å². The van der Waals surface area contributed by atoms with Crippen molar-refractivity contribution in [2.24, 2.45) is 11.3 Å². The molecule has 2 unspecified atom stereocenters. The number of carbonyl (C=O) groups excluding carboxylic acids is 2. The highest BCUT2D eigenvalue weighted by Gasteiger charge is 2.47. The first-order valence-corrected chi connectivity index (χ1v) is 5.71.